The standard InChI is InChI=1S/C17H17BrN2O3/c1-12-6-7-16(15(18)8-12)23-11-17(21)20-19-10-13-4-3-5-14(9-13)22-2/h3-10H,11H2,1-2H3,(H,20,21)/b19-10+. The first-order chi connectivity index (χ1) is 11.1. The van der Waals surface area contributed by atoms with Crippen LogP contribution in [0, 0.1) is 6.92 Å². The van der Waals surface area contributed by atoms with Gasteiger partial charge in [-0.2, -0.15) is 5.10 Å². The van der Waals surface area contributed by atoms with Crippen molar-refractivity contribution >= 4 is 28.1 Å². The van der Waals surface area contributed by atoms with Crippen LogP contribution in [0.25, 0.3) is 0 Å². The molecule has 0 atom stereocenters. The van der Waals surface area contributed by atoms with E-state index in [2.05, 4.69) is 26.5 Å². The fraction of sp³-hybridized carbons (Fsp3) is 0.176. The number of amides is 1. The molecule has 1 N–H and O–H groups in total. The van der Waals surface area contributed by atoms with Crippen LogP contribution in [0.3, 0.4) is 0 Å². The van der Waals surface area contributed by atoms with Crippen molar-refractivity contribution in [3.8, 4) is 11.5 Å². The minimum absolute atomic E-state index is 0.114. The Morgan fingerprint density at radius 3 is 2.87 bits per heavy atom. The minimum atomic E-state index is -0.336. The number of carbonyl (C=O) groups is 1. The molecule has 23 heavy (non-hydrogen) atoms. The summed E-state index contributed by atoms with van der Waals surface area (Å²) in [5.74, 6) is 1.01. The molecule has 5 nitrogen and oxygen atoms in total. The molecule has 0 heterocycles. The second-order valence-corrected chi connectivity index (χ2v) is 5.65. The molecule has 1 amide bonds. The second kappa shape index (κ2) is 8.33. The third-order valence-electron chi connectivity index (χ3n) is 2.94. The quantitative estimate of drug-likeness (QED) is 0.621. The maximum Gasteiger partial charge on any atom is 0.277 e. The molecule has 0 fully saturated rings. The number of nitrogens with one attached hydrogen (secondary N) is 1. The van der Waals surface area contributed by atoms with E-state index >= 15 is 0 Å². The number of hydrogen-bond donors (Lipinski definition) is 1. The summed E-state index contributed by atoms with van der Waals surface area (Å²) in [4.78, 5) is 11.7. The summed E-state index contributed by atoms with van der Waals surface area (Å²) in [6.07, 6.45) is 1.54. The fourth-order valence-electron chi connectivity index (χ4n) is 1.80. The van der Waals surface area contributed by atoms with Gasteiger partial charge in [0.25, 0.3) is 5.91 Å². The van der Waals surface area contributed by atoms with Gasteiger partial charge in [-0.05, 0) is 58.2 Å². The first-order valence-electron chi connectivity index (χ1n) is 6.93. The van der Waals surface area contributed by atoms with Crippen LogP contribution in [0.2, 0.25) is 0 Å². The molecule has 2 rings (SSSR count). The van der Waals surface area contributed by atoms with E-state index in [9.17, 15) is 4.79 Å². The van der Waals surface area contributed by atoms with E-state index in [1.165, 1.54) is 0 Å². The van der Waals surface area contributed by atoms with Crippen LogP contribution >= 0.6 is 15.9 Å². The number of aryl methyl sites for hydroxylation is 1. The third-order valence-corrected chi connectivity index (χ3v) is 3.56. The number of methoxy groups -OCH3 is 1. The average molecular weight is 377 g/mol. The lowest BCUT2D eigenvalue weighted by Gasteiger charge is -2.07. The topological polar surface area (TPSA) is 59.9 Å². The van der Waals surface area contributed by atoms with Gasteiger partial charge < -0.3 is 9.47 Å². The van der Waals surface area contributed by atoms with E-state index in [-0.39, 0.29) is 12.5 Å². The highest BCUT2D eigenvalue weighted by Gasteiger charge is 2.05. The van der Waals surface area contributed by atoms with Gasteiger partial charge in [0.05, 0.1) is 17.8 Å². The van der Waals surface area contributed by atoms with Gasteiger partial charge in [0, 0.05) is 0 Å². The van der Waals surface area contributed by atoms with Crippen molar-refractivity contribution in [3.63, 3.8) is 0 Å². The Balaban J connectivity index is 1.83. The number of hydrazone groups is 1. The van der Waals surface area contributed by atoms with E-state index in [1.807, 2.05) is 49.4 Å². The Morgan fingerprint density at radius 2 is 2.13 bits per heavy atom. The summed E-state index contributed by atoms with van der Waals surface area (Å²) < 4.78 is 11.4. The molecule has 0 saturated heterocycles. The first-order valence-corrected chi connectivity index (χ1v) is 7.72. The summed E-state index contributed by atoms with van der Waals surface area (Å²) in [5, 5.41) is 3.89. The molecule has 0 aliphatic heterocycles. The van der Waals surface area contributed by atoms with Crippen LogP contribution in [0.1, 0.15) is 11.1 Å². The van der Waals surface area contributed by atoms with Crippen molar-refractivity contribution in [2.75, 3.05) is 13.7 Å². The first kappa shape index (κ1) is 17.0. The summed E-state index contributed by atoms with van der Waals surface area (Å²) >= 11 is 3.40. The van der Waals surface area contributed by atoms with Gasteiger partial charge in [0.15, 0.2) is 6.61 Å². The second-order valence-electron chi connectivity index (χ2n) is 4.79. The van der Waals surface area contributed by atoms with Gasteiger partial charge in [-0.25, -0.2) is 5.43 Å². The van der Waals surface area contributed by atoms with Crippen LogP contribution in [-0.2, 0) is 4.79 Å². The number of ether oxygens (including phenoxy) is 2. The molecule has 0 bridgehead atoms. The molecule has 120 valence electrons. The van der Waals surface area contributed by atoms with Gasteiger partial charge in [-0.1, -0.05) is 18.2 Å². The Kier molecular flexibility index (Phi) is 6.17. The van der Waals surface area contributed by atoms with Crippen molar-refractivity contribution in [3.05, 3.63) is 58.1 Å². The summed E-state index contributed by atoms with van der Waals surface area (Å²) in [7, 11) is 1.60. The number of nitrogens with zero attached hydrogens (tertiary/aromatic N) is 1. The molecule has 0 spiro atoms. The van der Waals surface area contributed by atoms with Crippen LogP contribution in [0.4, 0.5) is 0 Å². The predicted molar refractivity (Wildman–Crippen MR) is 93.1 cm³/mol. The zero-order valence-electron chi connectivity index (χ0n) is 12.9. The number of hydrogen-bond acceptors (Lipinski definition) is 4. The molecule has 2 aromatic carbocycles. The van der Waals surface area contributed by atoms with Crippen molar-refractivity contribution < 1.29 is 14.3 Å². The van der Waals surface area contributed by atoms with Gasteiger partial charge in [0.2, 0.25) is 0 Å². The van der Waals surface area contributed by atoms with E-state index < -0.39 is 0 Å². The molecule has 0 aliphatic rings. The van der Waals surface area contributed by atoms with E-state index in [0.29, 0.717) is 5.75 Å². The van der Waals surface area contributed by atoms with E-state index in [1.54, 1.807) is 13.3 Å². The van der Waals surface area contributed by atoms with Crippen molar-refractivity contribution in [1.29, 1.82) is 0 Å². The lowest BCUT2D eigenvalue weighted by molar-refractivity contribution is -0.123. The highest BCUT2D eigenvalue weighted by molar-refractivity contribution is 9.10. The lowest BCUT2D eigenvalue weighted by atomic mass is 10.2. The zero-order chi connectivity index (χ0) is 16.7. The highest BCUT2D eigenvalue weighted by atomic mass is 79.9. The van der Waals surface area contributed by atoms with Crippen LogP contribution in [-0.4, -0.2) is 25.8 Å². The smallest absolute Gasteiger partial charge is 0.277 e. The largest absolute Gasteiger partial charge is 0.497 e. The number of rotatable bonds is 6. The minimum Gasteiger partial charge on any atom is -0.497 e. The molecule has 0 radical (unpaired) electrons. The molecular formula is C17H17BrN2O3. The Bertz CT molecular complexity index is 717. The molecule has 0 aliphatic carbocycles. The average Bonchev–Trinajstić information content (AvgIpc) is 2.54. The summed E-state index contributed by atoms with van der Waals surface area (Å²) in [5.41, 5.74) is 4.35. The molecule has 0 unspecified atom stereocenters. The van der Waals surface area contributed by atoms with E-state index in [0.717, 1.165) is 21.3 Å². The Labute approximate surface area is 143 Å². The van der Waals surface area contributed by atoms with Crippen LogP contribution in [0.5, 0.6) is 11.5 Å². The maximum atomic E-state index is 11.7. The maximum absolute atomic E-state index is 11.7. The number of carbonyl (C=O) groups excluding carboxylic acids is 1. The van der Waals surface area contributed by atoms with Crippen LogP contribution in [0.15, 0.2) is 52.0 Å². The zero-order valence-corrected chi connectivity index (χ0v) is 14.5. The lowest BCUT2D eigenvalue weighted by Crippen LogP contribution is -2.24. The van der Waals surface area contributed by atoms with Gasteiger partial charge >= 0.3 is 0 Å². The molecule has 2 aromatic rings. The van der Waals surface area contributed by atoms with Gasteiger partial charge in [-0.3, -0.25) is 4.79 Å². The number of halogens is 1. The Morgan fingerprint density at radius 1 is 1.30 bits per heavy atom. The SMILES string of the molecule is COc1cccc(/C=N/NC(=O)COc2ccc(C)cc2Br)c1. The summed E-state index contributed by atoms with van der Waals surface area (Å²) in [6, 6.07) is 13.0. The van der Waals surface area contributed by atoms with Crippen molar-refractivity contribution in [1.82, 2.24) is 5.43 Å². The van der Waals surface area contributed by atoms with Gasteiger partial charge in [-0.15, -0.1) is 0 Å². The third kappa shape index (κ3) is 5.41. The monoisotopic (exact) mass is 376 g/mol. The summed E-state index contributed by atoms with van der Waals surface area (Å²) in [6.45, 7) is 1.87. The van der Waals surface area contributed by atoms with Gasteiger partial charge in [0.1, 0.15) is 11.5 Å². The normalized spacial score (nSPS) is 10.6. The molecule has 0 saturated carbocycles. The highest BCUT2D eigenvalue weighted by Crippen LogP contribution is 2.25. The van der Waals surface area contributed by atoms with Crippen molar-refractivity contribution in [2.24, 2.45) is 5.10 Å². The van der Waals surface area contributed by atoms with Crippen molar-refractivity contribution in [2.45, 2.75) is 6.92 Å². The van der Waals surface area contributed by atoms with Crippen LogP contribution < -0.4 is 14.9 Å². The molecule has 0 aromatic heterocycles. The molecular weight excluding hydrogens is 360 g/mol. The van der Waals surface area contributed by atoms with E-state index in [4.69, 9.17) is 9.47 Å². The number of benzene rings is 2. The predicted octanol–water partition coefficient (Wildman–Crippen LogP) is 3.30. The fourth-order valence-corrected chi connectivity index (χ4v) is 2.41. The molecule has 6 heteroatoms. The Hall–Kier alpha value is -2.34.